The maximum Gasteiger partial charge on any atom is 0.244 e. The Morgan fingerprint density at radius 3 is 2.15 bits per heavy atom. The molecule has 0 atom stereocenters. The van der Waals surface area contributed by atoms with Gasteiger partial charge in [-0.25, -0.2) is 4.39 Å². The molecule has 6 heteroatoms. The van der Waals surface area contributed by atoms with Crippen LogP contribution in [0.4, 0.5) is 10.1 Å². The summed E-state index contributed by atoms with van der Waals surface area (Å²) >= 11 is 5.76. The molecular formula is C21H14ClFN2O2. The number of hydrogen-bond donors (Lipinski definition) is 1. The van der Waals surface area contributed by atoms with E-state index in [4.69, 9.17) is 11.6 Å². The lowest BCUT2D eigenvalue weighted by Gasteiger charge is -2.15. The van der Waals surface area contributed by atoms with Crippen molar-refractivity contribution in [3.63, 3.8) is 0 Å². The zero-order chi connectivity index (χ0) is 19.0. The second kappa shape index (κ2) is 6.85. The Hall–Kier alpha value is -3.18. The first-order valence-corrected chi connectivity index (χ1v) is 8.68. The Labute approximate surface area is 158 Å². The molecule has 0 radical (unpaired) electrons. The molecule has 1 heterocycles. The highest BCUT2D eigenvalue weighted by molar-refractivity contribution is 6.31. The van der Waals surface area contributed by atoms with Crippen LogP contribution in [0.3, 0.4) is 0 Å². The predicted molar refractivity (Wildman–Crippen MR) is 106 cm³/mol. The normalized spacial score (nSPS) is 11.0. The zero-order valence-electron chi connectivity index (χ0n) is 14.1. The van der Waals surface area contributed by atoms with Crippen LogP contribution in [-0.4, -0.2) is 10.5 Å². The third-order valence-electron chi connectivity index (χ3n) is 4.41. The summed E-state index contributed by atoms with van der Waals surface area (Å²) in [6.45, 7) is -0.0761. The fourth-order valence-electron chi connectivity index (χ4n) is 3.18. The second-order valence-corrected chi connectivity index (χ2v) is 6.51. The molecule has 0 bridgehead atoms. The van der Waals surface area contributed by atoms with Crippen molar-refractivity contribution >= 4 is 45.0 Å². The fraction of sp³-hybridized carbons (Fsp3) is 0.0476. The summed E-state index contributed by atoms with van der Waals surface area (Å²) < 4.78 is 15.8. The number of amides is 1. The molecule has 27 heavy (non-hydrogen) atoms. The topological polar surface area (TPSA) is 51.1 Å². The number of rotatable bonds is 3. The van der Waals surface area contributed by atoms with Gasteiger partial charge in [-0.3, -0.25) is 9.59 Å². The Kier molecular flexibility index (Phi) is 4.38. The summed E-state index contributed by atoms with van der Waals surface area (Å²) in [7, 11) is 0. The van der Waals surface area contributed by atoms with Gasteiger partial charge >= 0.3 is 0 Å². The Morgan fingerprint density at radius 1 is 0.926 bits per heavy atom. The fourth-order valence-corrected chi connectivity index (χ4v) is 3.36. The number of aromatic nitrogens is 1. The van der Waals surface area contributed by atoms with Gasteiger partial charge in [0.1, 0.15) is 6.54 Å². The van der Waals surface area contributed by atoms with Crippen LogP contribution in [-0.2, 0) is 11.3 Å². The van der Waals surface area contributed by atoms with Gasteiger partial charge in [-0.15, -0.1) is 0 Å². The number of halogens is 2. The van der Waals surface area contributed by atoms with Crippen molar-refractivity contribution in [1.82, 2.24) is 4.57 Å². The molecule has 0 spiro atoms. The zero-order valence-corrected chi connectivity index (χ0v) is 14.8. The van der Waals surface area contributed by atoms with Gasteiger partial charge in [0.2, 0.25) is 5.91 Å². The van der Waals surface area contributed by atoms with Crippen LogP contribution in [0, 0.1) is 5.82 Å². The van der Waals surface area contributed by atoms with E-state index in [-0.39, 0.29) is 22.7 Å². The molecule has 0 aliphatic carbocycles. The Bertz CT molecular complexity index is 1190. The van der Waals surface area contributed by atoms with Crippen molar-refractivity contribution in [2.75, 3.05) is 5.32 Å². The first-order chi connectivity index (χ1) is 13.1. The molecule has 1 N–H and O–H groups in total. The number of fused-ring (bicyclic) bond motifs is 2. The van der Waals surface area contributed by atoms with Gasteiger partial charge in [-0.1, -0.05) is 41.9 Å². The molecule has 0 saturated heterocycles. The van der Waals surface area contributed by atoms with Gasteiger partial charge < -0.3 is 9.88 Å². The Balaban J connectivity index is 1.81. The molecule has 0 aliphatic rings. The third-order valence-corrected chi connectivity index (χ3v) is 4.70. The minimum atomic E-state index is -0.679. The van der Waals surface area contributed by atoms with Gasteiger partial charge in [-0.05, 0) is 36.4 Å². The number of carbonyl (C=O) groups excluding carboxylic acids is 1. The summed E-state index contributed by atoms with van der Waals surface area (Å²) in [6.07, 6.45) is 0. The monoisotopic (exact) mass is 380 g/mol. The quantitative estimate of drug-likeness (QED) is 0.529. The van der Waals surface area contributed by atoms with Crippen LogP contribution in [0.2, 0.25) is 5.02 Å². The van der Waals surface area contributed by atoms with E-state index in [0.717, 1.165) is 0 Å². The van der Waals surface area contributed by atoms with E-state index in [1.807, 2.05) is 12.1 Å². The summed E-state index contributed by atoms with van der Waals surface area (Å²) in [5.74, 6) is -1.10. The van der Waals surface area contributed by atoms with Gasteiger partial charge in [0.05, 0.1) is 21.7 Å². The highest BCUT2D eigenvalue weighted by Gasteiger charge is 2.14. The average Bonchev–Trinajstić information content (AvgIpc) is 2.69. The van der Waals surface area contributed by atoms with E-state index in [1.165, 1.54) is 12.1 Å². The van der Waals surface area contributed by atoms with Gasteiger partial charge in [0, 0.05) is 10.8 Å². The van der Waals surface area contributed by atoms with Crippen molar-refractivity contribution in [3.8, 4) is 0 Å². The minimum Gasteiger partial charge on any atom is -0.331 e. The number of para-hydroxylation sites is 2. The van der Waals surface area contributed by atoms with Gasteiger partial charge in [-0.2, -0.15) is 0 Å². The molecule has 4 nitrogen and oxygen atoms in total. The van der Waals surface area contributed by atoms with Crippen molar-refractivity contribution in [3.05, 3.63) is 87.8 Å². The molecule has 1 aromatic heterocycles. The lowest BCUT2D eigenvalue weighted by atomic mass is 10.1. The maximum absolute atomic E-state index is 14.1. The molecule has 0 saturated carbocycles. The number of benzene rings is 3. The highest BCUT2D eigenvalue weighted by atomic mass is 35.5. The summed E-state index contributed by atoms with van der Waals surface area (Å²) in [4.78, 5) is 25.3. The number of pyridine rings is 1. The van der Waals surface area contributed by atoms with Crippen LogP contribution in [0.25, 0.3) is 21.8 Å². The molecule has 134 valence electrons. The van der Waals surface area contributed by atoms with Crippen LogP contribution < -0.4 is 10.7 Å². The molecule has 0 aliphatic heterocycles. The highest BCUT2D eigenvalue weighted by Crippen LogP contribution is 2.23. The van der Waals surface area contributed by atoms with E-state index in [1.54, 1.807) is 47.0 Å². The van der Waals surface area contributed by atoms with E-state index >= 15 is 0 Å². The van der Waals surface area contributed by atoms with E-state index in [0.29, 0.717) is 21.8 Å². The number of carbonyl (C=O) groups is 1. The summed E-state index contributed by atoms with van der Waals surface area (Å²) in [6, 6.07) is 18.6. The average molecular weight is 381 g/mol. The summed E-state index contributed by atoms with van der Waals surface area (Å²) in [5.41, 5.74) is 1.21. The maximum atomic E-state index is 14.1. The molecule has 3 aromatic carbocycles. The van der Waals surface area contributed by atoms with Gasteiger partial charge in [0.15, 0.2) is 11.2 Å². The Morgan fingerprint density at radius 2 is 1.52 bits per heavy atom. The van der Waals surface area contributed by atoms with E-state index in [2.05, 4.69) is 5.32 Å². The molecular weight excluding hydrogens is 367 g/mol. The van der Waals surface area contributed by atoms with Crippen molar-refractivity contribution < 1.29 is 9.18 Å². The van der Waals surface area contributed by atoms with E-state index in [9.17, 15) is 14.0 Å². The van der Waals surface area contributed by atoms with E-state index < -0.39 is 11.7 Å². The number of hydrogen-bond acceptors (Lipinski definition) is 2. The van der Waals surface area contributed by atoms with Crippen LogP contribution >= 0.6 is 11.6 Å². The van der Waals surface area contributed by atoms with Crippen LogP contribution in [0.5, 0.6) is 0 Å². The lowest BCUT2D eigenvalue weighted by Crippen LogP contribution is -2.22. The molecule has 0 unspecified atom stereocenters. The molecule has 4 rings (SSSR count). The first kappa shape index (κ1) is 17.2. The first-order valence-electron chi connectivity index (χ1n) is 8.30. The molecule has 1 amide bonds. The second-order valence-electron chi connectivity index (χ2n) is 6.10. The molecule has 4 aromatic rings. The van der Waals surface area contributed by atoms with Crippen molar-refractivity contribution in [2.45, 2.75) is 6.54 Å². The predicted octanol–water partition coefficient (Wildman–Crippen LogP) is 4.59. The SMILES string of the molecule is O=C(Cn1c2ccccc2c(=O)c2ccccc21)Nc1cccc(Cl)c1F. The molecule has 0 fully saturated rings. The van der Waals surface area contributed by atoms with Crippen molar-refractivity contribution in [2.24, 2.45) is 0 Å². The lowest BCUT2D eigenvalue weighted by molar-refractivity contribution is -0.116. The number of nitrogens with one attached hydrogen (secondary N) is 1. The standard InChI is InChI=1S/C21H14ClFN2O2/c22-15-8-5-9-16(20(15)23)24-19(26)12-25-17-10-3-1-6-13(17)21(27)14-7-2-4-11-18(14)25/h1-11H,12H2,(H,24,26). The largest absolute Gasteiger partial charge is 0.331 e. The number of anilines is 1. The minimum absolute atomic E-state index is 0.0159. The number of nitrogens with zero attached hydrogens (tertiary/aromatic N) is 1. The summed E-state index contributed by atoms with van der Waals surface area (Å²) in [5, 5.41) is 3.54. The van der Waals surface area contributed by atoms with Crippen LogP contribution in [0.1, 0.15) is 0 Å². The smallest absolute Gasteiger partial charge is 0.244 e. The van der Waals surface area contributed by atoms with Gasteiger partial charge in [0.25, 0.3) is 0 Å². The third kappa shape index (κ3) is 3.06. The van der Waals surface area contributed by atoms with Crippen molar-refractivity contribution in [1.29, 1.82) is 0 Å². The van der Waals surface area contributed by atoms with Crippen LogP contribution in [0.15, 0.2) is 71.5 Å².